The van der Waals surface area contributed by atoms with Gasteiger partial charge in [-0.2, -0.15) is 0 Å². The number of hydrogen-bond acceptors (Lipinski definition) is 3. The largest absolute Gasteiger partial charge is 0.472 e. The number of carbonyl (C=O) groups excluding carboxylic acids is 1. The standard InChI is InChI=1S/C13H20N2O2/c1-10(12-5-8-17-9-12)14-13-3-6-15(7-4-13)11(2)16/h5,8-10,13-14H,3-4,6-7H2,1-2H3. The van der Waals surface area contributed by atoms with Gasteiger partial charge in [0.15, 0.2) is 0 Å². The number of likely N-dealkylation sites (tertiary alicyclic amines) is 1. The Labute approximate surface area is 102 Å². The first kappa shape index (κ1) is 12.2. The van der Waals surface area contributed by atoms with Gasteiger partial charge < -0.3 is 14.6 Å². The Balaban J connectivity index is 1.80. The molecule has 17 heavy (non-hydrogen) atoms. The third kappa shape index (κ3) is 3.09. The lowest BCUT2D eigenvalue weighted by Gasteiger charge is -2.33. The van der Waals surface area contributed by atoms with Gasteiger partial charge in [-0.15, -0.1) is 0 Å². The summed E-state index contributed by atoms with van der Waals surface area (Å²) in [6.45, 7) is 5.51. The monoisotopic (exact) mass is 236 g/mol. The number of nitrogens with zero attached hydrogens (tertiary/aromatic N) is 1. The number of rotatable bonds is 3. The minimum atomic E-state index is 0.186. The van der Waals surface area contributed by atoms with Crippen molar-refractivity contribution in [3.05, 3.63) is 24.2 Å². The summed E-state index contributed by atoms with van der Waals surface area (Å²) in [5.74, 6) is 0.186. The minimum absolute atomic E-state index is 0.186. The SMILES string of the molecule is CC(=O)N1CCC(NC(C)c2ccoc2)CC1. The van der Waals surface area contributed by atoms with Crippen LogP contribution in [-0.4, -0.2) is 29.9 Å². The van der Waals surface area contributed by atoms with E-state index in [9.17, 15) is 4.79 Å². The van der Waals surface area contributed by atoms with Gasteiger partial charge in [-0.05, 0) is 25.8 Å². The van der Waals surface area contributed by atoms with E-state index in [0.29, 0.717) is 12.1 Å². The number of piperidine rings is 1. The van der Waals surface area contributed by atoms with Crippen LogP contribution in [-0.2, 0) is 4.79 Å². The normalized spacial score (nSPS) is 19.3. The molecule has 1 saturated heterocycles. The first-order valence-electron chi connectivity index (χ1n) is 6.20. The van der Waals surface area contributed by atoms with E-state index in [1.165, 1.54) is 5.56 Å². The minimum Gasteiger partial charge on any atom is -0.472 e. The fraction of sp³-hybridized carbons (Fsp3) is 0.615. The number of furan rings is 1. The highest BCUT2D eigenvalue weighted by Gasteiger charge is 2.22. The Kier molecular flexibility index (Phi) is 3.84. The second-order valence-corrected chi connectivity index (χ2v) is 4.73. The lowest BCUT2D eigenvalue weighted by Crippen LogP contribution is -2.44. The summed E-state index contributed by atoms with van der Waals surface area (Å²) in [6, 6.07) is 2.79. The van der Waals surface area contributed by atoms with E-state index in [2.05, 4.69) is 12.2 Å². The van der Waals surface area contributed by atoms with E-state index in [1.807, 2.05) is 11.0 Å². The van der Waals surface area contributed by atoms with Gasteiger partial charge in [-0.1, -0.05) is 0 Å². The van der Waals surface area contributed by atoms with Crippen LogP contribution < -0.4 is 5.32 Å². The molecule has 0 bridgehead atoms. The molecule has 94 valence electrons. The zero-order chi connectivity index (χ0) is 12.3. The Morgan fingerprint density at radius 2 is 2.24 bits per heavy atom. The van der Waals surface area contributed by atoms with Crippen LogP contribution in [0.1, 0.15) is 38.3 Å². The molecule has 1 N–H and O–H groups in total. The Morgan fingerprint density at radius 3 is 2.76 bits per heavy atom. The van der Waals surface area contributed by atoms with Gasteiger partial charge >= 0.3 is 0 Å². The number of nitrogens with one attached hydrogen (secondary N) is 1. The quantitative estimate of drug-likeness (QED) is 0.872. The van der Waals surface area contributed by atoms with E-state index in [0.717, 1.165) is 25.9 Å². The summed E-state index contributed by atoms with van der Waals surface area (Å²) in [4.78, 5) is 13.1. The predicted octanol–water partition coefficient (Wildman–Crippen LogP) is 1.94. The zero-order valence-corrected chi connectivity index (χ0v) is 10.5. The van der Waals surface area contributed by atoms with Gasteiger partial charge in [0, 0.05) is 37.7 Å². The van der Waals surface area contributed by atoms with Crippen molar-refractivity contribution < 1.29 is 9.21 Å². The Morgan fingerprint density at radius 1 is 1.53 bits per heavy atom. The Hall–Kier alpha value is -1.29. The molecule has 1 atom stereocenters. The molecule has 0 saturated carbocycles. The summed E-state index contributed by atoms with van der Waals surface area (Å²) >= 11 is 0. The molecule has 1 aliphatic rings. The molecule has 2 heterocycles. The molecule has 2 rings (SSSR count). The van der Waals surface area contributed by atoms with Gasteiger partial charge in [0.25, 0.3) is 0 Å². The van der Waals surface area contributed by atoms with Gasteiger partial charge in [0.2, 0.25) is 5.91 Å². The maximum atomic E-state index is 11.2. The van der Waals surface area contributed by atoms with Crippen molar-refractivity contribution in [2.24, 2.45) is 0 Å². The van der Waals surface area contributed by atoms with Crippen molar-refractivity contribution in [2.45, 2.75) is 38.8 Å². The lowest BCUT2D eigenvalue weighted by atomic mass is 10.0. The predicted molar refractivity (Wildman–Crippen MR) is 65.5 cm³/mol. The summed E-state index contributed by atoms with van der Waals surface area (Å²) < 4.78 is 5.08. The first-order chi connectivity index (χ1) is 8.16. The van der Waals surface area contributed by atoms with Crippen molar-refractivity contribution in [1.82, 2.24) is 10.2 Å². The van der Waals surface area contributed by atoms with Gasteiger partial charge in [0.05, 0.1) is 12.5 Å². The maximum Gasteiger partial charge on any atom is 0.219 e. The zero-order valence-electron chi connectivity index (χ0n) is 10.5. The summed E-state index contributed by atoms with van der Waals surface area (Å²) in [5.41, 5.74) is 1.18. The molecular weight excluding hydrogens is 216 g/mol. The van der Waals surface area contributed by atoms with Gasteiger partial charge in [-0.25, -0.2) is 0 Å². The maximum absolute atomic E-state index is 11.2. The highest BCUT2D eigenvalue weighted by Crippen LogP contribution is 2.17. The number of carbonyl (C=O) groups is 1. The van der Waals surface area contributed by atoms with Crippen molar-refractivity contribution in [2.75, 3.05) is 13.1 Å². The summed E-state index contributed by atoms with van der Waals surface area (Å²) in [5, 5.41) is 3.58. The second kappa shape index (κ2) is 5.36. The van der Waals surface area contributed by atoms with Crippen LogP contribution >= 0.6 is 0 Å². The van der Waals surface area contributed by atoms with E-state index in [4.69, 9.17) is 4.42 Å². The van der Waals surface area contributed by atoms with Crippen LogP contribution in [0, 0.1) is 0 Å². The smallest absolute Gasteiger partial charge is 0.219 e. The van der Waals surface area contributed by atoms with Crippen LogP contribution in [0.4, 0.5) is 0 Å². The van der Waals surface area contributed by atoms with E-state index < -0.39 is 0 Å². The topological polar surface area (TPSA) is 45.5 Å². The highest BCUT2D eigenvalue weighted by atomic mass is 16.3. The molecule has 1 aliphatic heterocycles. The van der Waals surface area contributed by atoms with Crippen molar-refractivity contribution >= 4 is 5.91 Å². The fourth-order valence-corrected chi connectivity index (χ4v) is 2.33. The highest BCUT2D eigenvalue weighted by molar-refractivity contribution is 5.73. The average Bonchev–Trinajstić information content (AvgIpc) is 2.83. The third-order valence-electron chi connectivity index (χ3n) is 3.47. The fourth-order valence-electron chi connectivity index (χ4n) is 2.33. The molecule has 0 radical (unpaired) electrons. The molecule has 4 nitrogen and oxygen atoms in total. The van der Waals surface area contributed by atoms with Gasteiger partial charge in [-0.3, -0.25) is 4.79 Å². The van der Waals surface area contributed by atoms with Crippen molar-refractivity contribution in [3.63, 3.8) is 0 Å². The van der Waals surface area contributed by atoms with Crippen LogP contribution in [0.2, 0.25) is 0 Å². The molecule has 1 unspecified atom stereocenters. The van der Waals surface area contributed by atoms with Crippen molar-refractivity contribution in [1.29, 1.82) is 0 Å². The van der Waals surface area contributed by atoms with Gasteiger partial charge in [0.1, 0.15) is 0 Å². The molecule has 0 spiro atoms. The van der Waals surface area contributed by atoms with E-state index in [1.54, 1.807) is 19.5 Å². The average molecular weight is 236 g/mol. The molecule has 0 aliphatic carbocycles. The Bertz CT molecular complexity index is 354. The lowest BCUT2D eigenvalue weighted by molar-refractivity contribution is -0.129. The molecule has 1 aromatic heterocycles. The van der Waals surface area contributed by atoms with Crippen LogP contribution in [0.25, 0.3) is 0 Å². The summed E-state index contributed by atoms with van der Waals surface area (Å²) in [6.07, 6.45) is 5.54. The second-order valence-electron chi connectivity index (χ2n) is 4.73. The van der Waals surface area contributed by atoms with E-state index >= 15 is 0 Å². The van der Waals surface area contributed by atoms with Crippen LogP contribution in [0.3, 0.4) is 0 Å². The molecule has 4 heteroatoms. The molecule has 0 aromatic carbocycles. The third-order valence-corrected chi connectivity index (χ3v) is 3.47. The van der Waals surface area contributed by atoms with E-state index in [-0.39, 0.29) is 5.91 Å². The molecule has 1 amide bonds. The van der Waals surface area contributed by atoms with Crippen LogP contribution in [0.5, 0.6) is 0 Å². The number of hydrogen-bond donors (Lipinski definition) is 1. The molecule has 1 aromatic rings. The molecule has 1 fully saturated rings. The number of amides is 1. The summed E-state index contributed by atoms with van der Waals surface area (Å²) in [7, 11) is 0. The first-order valence-corrected chi connectivity index (χ1v) is 6.20. The van der Waals surface area contributed by atoms with Crippen molar-refractivity contribution in [3.8, 4) is 0 Å². The molecular formula is C13H20N2O2. The van der Waals surface area contributed by atoms with Crippen LogP contribution in [0.15, 0.2) is 23.0 Å².